The zero-order valence-electron chi connectivity index (χ0n) is 22.0. The van der Waals surface area contributed by atoms with E-state index in [4.69, 9.17) is 19.9 Å². The molecule has 1 saturated heterocycles. The zero-order valence-corrected chi connectivity index (χ0v) is 22.0. The molecule has 1 fully saturated rings. The van der Waals surface area contributed by atoms with Gasteiger partial charge in [-0.2, -0.15) is 14.0 Å². The molecule has 0 spiro atoms. The van der Waals surface area contributed by atoms with Crippen molar-refractivity contribution in [1.82, 2.24) is 29.0 Å². The van der Waals surface area contributed by atoms with Crippen molar-refractivity contribution in [2.45, 2.75) is 0 Å². The number of ether oxygens (including phenoxy) is 1. The fourth-order valence-corrected chi connectivity index (χ4v) is 5.30. The van der Waals surface area contributed by atoms with Crippen LogP contribution in [0.2, 0.25) is 0 Å². The summed E-state index contributed by atoms with van der Waals surface area (Å²) in [6.45, 7) is 5.20. The van der Waals surface area contributed by atoms with Crippen LogP contribution in [0.1, 0.15) is 0 Å². The molecule has 0 aliphatic carbocycles. The number of carbonyl (C=O) groups excluding carboxylic acids is 1. The molecule has 39 heavy (non-hydrogen) atoms. The summed E-state index contributed by atoms with van der Waals surface area (Å²) < 4.78 is 25.5. The number of piperazine rings is 1. The highest BCUT2D eigenvalue weighted by atomic mass is 19.1. The number of quaternary nitrogens is 1. The van der Waals surface area contributed by atoms with Crippen LogP contribution in [0.3, 0.4) is 0 Å². The van der Waals surface area contributed by atoms with E-state index >= 15 is 0 Å². The van der Waals surface area contributed by atoms with Gasteiger partial charge in [0.2, 0.25) is 11.8 Å². The summed E-state index contributed by atoms with van der Waals surface area (Å²) in [7, 11) is 3.47. The number of likely N-dealkylation sites (N-methyl/N-ethyl adjacent to an activating group) is 1. The van der Waals surface area contributed by atoms with Crippen molar-refractivity contribution in [1.29, 1.82) is 0 Å². The van der Waals surface area contributed by atoms with Crippen LogP contribution in [-0.2, 0) is 4.74 Å². The predicted molar refractivity (Wildman–Crippen MR) is 145 cm³/mol. The summed E-state index contributed by atoms with van der Waals surface area (Å²) in [6.07, 6.45) is 1.55. The van der Waals surface area contributed by atoms with Crippen molar-refractivity contribution < 1.29 is 18.3 Å². The average molecular weight is 537 g/mol. The van der Waals surface area contributed by atoms with Crippen LogP contribution in [0.15, 0.2) is 47.1 Å². The number of hydrogen-bond acceptors (Lipinski definition) is 9. The Bertz CT molecular complexity index is 1480. The number of halogens is 1. The number of amides is 2. The number of rotatable bonds is 8. The maximum absolute atomic E-state index is 13.9. The van der Waals surface area contributed by atoms with Gasteiger partial charge in [-0.05, 0) is 36.4 Å². The highest BCUT2D eigenvalue weighted by Gasteiger charge is 2.52. The molecule has 3 aromatic heterocycles. The molecule has 2 amide bonds. The van der Waals surface area contributed by atoms with E-state index in [0.717, 1.165) is 31.9 Å². The minimum Gasteiger partial charge on any atom is -0.461 e. The normalized spacial score (nSPS) is 19.8. The van der Waals surface area contributed by atoms with Gasteiger partial charge >= 0.3 is 6.03 Å². The van der Waals surface area contributed by atoms with Gasteiger partial charge < -0.3 is 19.8 Å². The minimum absolute atomic E-state index is 0.0408. The summed E-state index contributed by atoms with van der Waals surface area (Å²) in [6, 6.07) is 10.0. The van der Waals surface area contributed by atoms with Crippen LogP contribution >= 0.6 is 0 Å². The number of nitrogens with zero attached hydrogens (tertiary/aromatic N) is 8. The van der Waals surface area contributed by atoms with Crippen LogP contribution in [0.5, 0.6) is 0 Å². The monoisotopic (exact) mass is 536 g/mol. The van der Waals surface area contributed by atoms with Gasteiger partial charge in [0.1, 0.15) is 12.4 Å². The first-order valence-electron chi connectivity index (χ1n) is 12.9. The summed E-state index contributed by atoms with van der Waals surface area (Å²) in [5.41, 5.74) is 8.39. The quantitative estimate of drug-likeness (QED) is 0.339. The summed E-state index contributed by atoms with van der Waals surface area (Å²) >= 11 is 0. The molecule has 0 saturated carbocycles. The number of furan rings is 1. The Morgan fingerprint density at radius 3 is 2.56 bits per heavy atom. The fraction of sp³-hybridized carbons (Fsp3) is 0.385. The Kier molecular flexibility index (Phi) is 6.41. The Balaban J connectivity index is 1.26. The van der Waals surface area contributed by atoms with Crippen LogP contribution in [0.25, 0.3) is 17.2 Å². The van der Waals surface area contributed by atoms with E-state index in [1.807, 2.05) is 19.2 Å². The molecule has 1 unspecified atom stereocenters. The summed E-state index contributed by atoms with van der Waals surface area (Å²) in [4.78, 5) is 29.6. The second-order valence-electron chi connectivity index (χ2n) is 9.94. The van der Waals surface area contributed by atoms with Gasteiger partial charge in [0.05, 0.1) is 26.5 Å². The molecule has 1 atom stereocenters. The lowest BCUT2D eigenvalue weighted by Gasteiger charge is -2.37. The van der Waals surface area contributed by atoms with E-state index in [9.17, 15) is 9.18 Å². The number of hydrogen-bond donors (Lipinski definition) is 1. The van der Waals surface area contributed by atoms with E-state index in [2.05, 4.69) is 19.9 Å². The smallest absolute Gasteiger partial charge is 0.430 e. The molecule has 4 aromatic rings. The molecule has 0 radical (unpaired) electrons. The van der Waals surface area contributed by atoms with Gasteiger partial charge in [-0.1, -0.05) is 0 Å². The molecular formula is C26H31FN9O3+. The van der Waals surface area contributed by atoms with E-state index in [0.29, 0.717) is 55.0 Å². The molecule has 0 bridgehead atoms. The maximum Gasteiger partial charge on any atom is 0.430 e. The third kappa shape index (κ3) is 4.37. The van der Waals surface area contributed by atoms with Gasteiger partial charge in [-0.3, -0.25) is 4.90 Å². The predicted octanol–water partition coefficient (Wildman–Crippen LogP) is 2.45. The Labute approximate surface area is 224 Å². The number of urea groups is 1. The Morgan fingerprint density at radius 2 is 1.87 bits per heavy atom. The first kappa shape index (κ1) is 25.2. The molecule has 1 aromatic carbocycles. The number of nitrogens with two attached hydrogens (primary N) is 1. The average Bonchev–Trinajstić information content (AvgIpc) is 3.67. The molecule has 12 nitrogen and oxygen atoms in total. The van der Waals surface area contributed by atoms with Gasteiger partial charge in [-0.25, -0.2) is 19.1 Å². The third-order valence-corrected chi connectivity index (χ3v) is 7.55. The number of benzene rings is 1. The van der Waals surface area contributed by atoms with Crippen molar-refractivity contribution in [2.24, 2.45) is 0 Å². The summed E-state index contributed by atoms with van der Waals surface area (Å²) in [5.74, 6) is 1.31. The van der Waals surface area contributed by atoms with Crippen LogP contribution in [-0.4, -0.2) is 97.1 Å². The van der Waals surface area contributed by atoms with E-state index in [1.54, 1.807) is 30.4 Å². The van der Waals surface area contributed by atoms with Gasteiger partial charge in [0.25, 0.3) is 5.82 Å². The van der Waals surface area contributed by atoms with Crippen LogP contribution < -0.4 is 20.0 Å². The van der Waals surface area contributed by atoms with Gasteiger partial charge in [0.15, 0.2) is 17.1 Å². The maximum atomic E-state index is 13.9. The lowest BCUT2D eigenvalue weighted by atomic mass is 10.2. The molecule has 204 valence electrons. The van der Waals surface area contributed by atoms with Crippen molar-refractivity contribution in [3.05, 3.63) is 48.5 Å². The van der Waals surface area contributed by atoms with Gasteiger partial charge in [-0.15, -0.1) is 5.10 Å². The number of methoxy groups -OCH3 is 1. The van der Waals surface area contributed by atoms with Crippen molar-refractivity contribution >= 4 is 34.8 Å². The molecule has 2 aliphatic rings. The second kappa shape index (κ2) is 9.91. The standard InChI is InChI=1S/C26H31FN9O3/c1-36(15-13-32-9-11-33(12-10-32)19-7-5-18(27)6-8-19)24-21(34(26(36)37)14-17-38-2)23-29-22(20-4-3-16-39-20)31-35(23)25(28)30-24/h3-8,16H,9-15,17H2,1-2H3,(H2,28,30)/q+1. The minimum atomic E-state index is -0.237. The first-order valence-corrected chi connectivity index (χ1v) is 12.9. The molecular weight excluding hydrogens is 505 g/mol. The zero-order chi connectivity index (χ0) is 27.1. The molecule has 2 N–H and O–H groups in total. The van der Waals surface area contributed by atoms with Crippen LogP contribution in [0.4, 0.5) is 32.3 Å². The third-order valence-electron chi connectivity index (χ3n) is 7.55. The lowest BCUT2D eigenvalue weighted by Crippen LogP contribution is -2.57. The topological polar surface area (TPSA) is 118 Å². The number of fused-ring (bicyclic) bond motifs is 3. The van der Waals surface area contributed by atoms with Crippen LogP contribution in [0, 0.1) is 5.82 Å². The summed E-state index contributed by atoms with van der Waals surface area (Å²) in [5, 5.41) is 4.49. The Morgan fingerprint density at radius 1 is 1.10 bits per heavy atom. The van der Waals surface area contributed by atoms with Gasteiger partial charge in [0, 0.05) is 45.5 Å². The largest absolute Gasteiger partial charge is 0.461 e. The lowest BCUT2D eigenvalue weighted by molar-refractivity contribution is 0.190. The number of nitrogen functional groups attached to an aromatic ring is 1. The van der Waals surface area contributed by atoms with E-state index in [-0.39, 0.29) is 22.3 Å². The second-order valence-corrected chi connectivity index (χ2v) is 9.94. The highest BCUT2D eigenvalue weighted by molar-refractivity contribution is 6.12. The number of carbonyl (C=O) groups is 1. The molecule has 13 heteroatoms. The first-order chi connectivity index (χ1) is 18.9. The Hall–Kier alpha value is -4.07. The molecule has 5 heterocycles. The molecule has 2 aliphatic heterocycles. The van der Waals surface area contributed by atoms with E-state index in [1.165, 1.54) is 16.6 Å². The fourth-order valence-electron chi connectivity index (χ4n) is 5.30. The number of aromatic nitrogens is 4. The number of anilines is 3. The molecule has 6 rings (SSSR count). The highest BCUT2D eigenvalue weighted by Crippen LogP contribution is 2.43. The van der Waals surface area contributed by atoms with E-state index < -0.39 is 0 Å². The van der Waals surface area contributed by atoms with Crippen molar-refractivity contribution in [2.75, 3.05) is 82.1 Å². The van der Waals surface area contributed by atoms with Crippen molar-refractivity contribution in [3.63, 3.8) is 0 Å². The van der Waals surface area contributed by atoms with Crippen molar-refractivity contribution in [3.8, 4) is 11.6 Å². The SMILES string of the molecule is COCCN1C(=O)[N+](C)(CCN2CCN(c3ccc(F)cc3)CC2)c2nc(N)n3nc(-c4ccco4)nc3c21.